The Morgan fingerprint density at radius 1 is 1.38 bits per heavy atom. The number of halogens is 2. The molecule has 0 radical (unpaired) electrons. The van der Waals surface area contributed by atoms with E-state index in [1.807, 2.05) is 6.07 Å². The molecule has 0 saturated heterocycles. The van der Waals surface area contributed by atoms with Gasteiger partial charge in [-0.3, -0.25) is 4.99 Å². The Hall–Kier alpha value is -1.05. The van der Waals surface area contributed by atoms with Gasteiger partial charge in [0, 0.05) is 19.6 Å². The maximum absolute atomic E-state index is 13.6. The molecule has 0 atom stereocenters. The highest BCUT2D eigenvalue weighted by Crippen LogP contribution is 2.18. The molecule has 1 aromatic rings. The van der Waals surface area contributed by atoms with E-state index in [4.69, 9.17) is 4.74 Å². The van der Waals surface area contributed by atoms with Crippen molar-refractivity contribution in [3.05, 3.63) is 29.6 Å². The Morgan fingerprint density at radius 3 is 2.67 bits per heavy atom. The summed E-state index contributed by atoms with van der Waals surface area (Å²) in [5, 5.41) is 6.60. The Balaban J connectivity index is 0.00000220. The van der Waals surface area contributed by atoms with Gasteiger partial charge in [0.05, 0.1) is 7.11 Å². The molecule has 118 valence electrons. The molecule has 1 fully saturated rings. The number of hydrogen-bond acceptors (Lipinski definition) is 2. The number of methoxy groups -OCH3 is 1. The van der Waals surface area contributed by atoms with Crippen LogP contribution in [-0.2, 0) is 6.54 Å². The van der Waals surface area contributed by atoms with E-state index in [1.165, 1.54) is 38.9 Å². The summed E-state index contributed by atoms with van der Waals surface area (Å²) in [5.74, 6) is 0.695. The van der Waals surface area contributed by atoms with Gasteiger partial charge in [-0.05, 0) is 30.5 Å². The summed E-state index contributed by atoms with van der Waals surface area (Å²) < 4.78 is 18.5. The third kappa shape index (κ3) is 5.33. The Kier molecular flexibility index (Phi) is 7.77. The fraction of sp³-hybridized carbons (Fsp3) is 0.533. The largest absolute Gasteiger partial charge is 0.494 e. The van der Waals surface area contributed by atoms with E-state index in [0.29, 0.717) is 12.6 Å². The number of aliphatic imine (C=N–C) groups is 1. The second-order valence-electron chi connectivity index (χ2n) is 5.02. The van der Waals surface area contributed by atoms with Gasteiger partial charge in [-0.25, -0.2) is 4.39 Å². The van der Waals surface area contributed by atoms with Crippen LogP contribution in [0.4, 0.5) is 4.39 Å². The fourth-order valence-corrected chi connectivity index (χ4v) is 2.46. The minimum atomic E-state index is -0.342. The molecule has 2 rings (SSSR count). The maximum Gasteiger partial charge on any atom is 0.191 e. The molecule has 2 N–H and O–H groups in total. The van der Waals surface area contributed by atoms with Crippen LogP contribution >= 0.6 is 24.0 Å². The number of benzene rings is 1. The molecule has 6 heteroatoms. The molecule has 4 nitrogen and oxygen atoms in total. The maximum atomic E-state index is 13.6. The van der Waals surface area contributed by atoms with Gasteiger partial charge in [-0.15, -0.1) is 24.0 Å². The lowest BCUT2D eigenvalue weighted by Crippen LogP contribution is -2.41. The van der Waals surface area contributed by atoms with Gasteiger partial charge in [0.15, 0.2) is 17.5 Å². The summed E-state index contributed by atoms with van der Waals surface area (Å²) in [6, 6.07) is 5.47. The zero-order valence-corrected chi connectivity index (χ0v) is 14.8. The van der Waals surface area contributed by atoms with E-state index in [0.717, 1.165) is 11.5 Å². The standard InChI is InChI=1S/C15H22FN3O.HI/c1-17-15(19-12-5-3-4-6-12)18-10-11-7-8-14(20-2)13(16)9-11;/h7-9,12H,3-6,10H2,1-2H3,(H2,17,18,19);1H. The van der Waals surface area contributed by atoms with Crippen molar-refractivity contribution in [2.45, 2.75) is 38.3 Å². The number of guanidine groups is 1. The first kappa shape index (κ1) is 18.0. The van der Waals surface area contributed by atoms with Crippen molar-refractivity contribution >= 4 is 29.9 Å². The summed E-state index contributed by atoms with van der Waals surface area (Å²) in [4.78, 5) is 4.20. The van der Waals surface area contributed by atoms with Crippen molar-refractivity contribution < 1.29 is 9.13 Å². The highest BCUT2D eigenvalue weighted by atomic mass is 127. The lowest BCUT2D eigenvalue weighted by molar-refractivity contribution is 0.386. The molecular formula is C15H23FIN3O. The minimum Gasteiger partial charge on any atom is -0.494 e. The molecule has 1 aliphatic carbocycles. The summed E-state index contributed by atoms with van der Waals surface area (Å²) in [5.41, 5.74) is 0.859. The zero-order valence-electron chi connectivity index (χ0n) is 12.5. The number of nitrogens with one attached hydrogen (secondary N) is 2. The van der Waals surface area contributed by atoms with Crippen LogP contribution < -0.4 is 15.4 Å². The van der Waals surface area contributed by atoms with Gasteiger partial charge in [-0.1, -0.05) is 18.9 Å². The number of rotatable bonds is 4. The van der Waals surface area contributed by atoms with E-state index in [2.05, 4.69) is 15.6 Å². The van der Waals surface area contributed by atoms with Crippen LogP contribution in [0.2, 0.25) is 0 Å². The average molecular weight is 407 g/mol. The van der Waals surface area contributed by atoms with Crippen molar-refractivity contribution in [3.8, 4) is 5.75 Å². The van der Waals surface area contributed by atoms with Crippen LogP contribution in [0.25, 0.3) is 0 Å². The normalized spacial score (nSPS) is 15.5. The minimum absolute atomic E-state index is 0. The molecule has 0 aliphatic heterocycles. The fourth-order valence-electron chi connectivity index (χ4n) is 2.46. The van der Waals surface area contributed by atoms with Crippen LogP contribution in [0.15, 0.2) is 23.2 Å². The van der Waals surface area contributed by atoms with Gasteiger partial charge in [0.25, 0.3) is 0 Å². The van der Waals surface area contributed by atoms with Crippen LogP contribution in [-0.4, -0.2) is 26.2 Å². The van der Waals surface area contributed by atoms with E-state index in [1.54, 1.807) is 13.1 Å². The van der Waals surface area contributed by atoms with Crippen molar-refractivity contribution in [1.82, 2.24) is 10.6 Å². The SMILES string of the molecule is CN=C(NCc1ccc(OC)c(F)c1)NC1CCCC1.I. The molecule has 0 heterocycles. The van der Waals surface area contributed by atoms with E-state index in [9.17, 15) is 4.39 Å². The predicted octanol–water partition coefficient (Wildman–Crippen LogP) is 3.06. The number of nitrogens with zero attached hydrogens (tertiary/aromatic N) is 1. The van der Waals surface area contributed by atoms with Gasteiger partial charge in [0.2, 0.25) is 0 Å². The Bertz CT molecular complexity index is 476. The monoisotopic (exact) mass is 407 g/mol. The van der Waals surface area contributed by atoms with Gasteiger partial charge >= 0.3 is 0 Å². The lowest BCUT2D eigenvalue weighted by Gasteiger charge is -2.17. The van der Waals surface area contributed by atoms with Crippen molar-refractivity contribution in [1.29, 1.82) is 0 Å². The Morgan fingerprint density at radius 2 is 2.10 bits per heavy atom. The number of hydrogen-bond donors (Lipinski definition) is 2. The van der Waals surface area contributed by atoms with Crippen LogP contribution in [0.5, 0.6) is 5.75 Å². The van der Waals surface area contributed by atoms with Crippen molar-refractivity contribution in [3.63, 3.8) is 0 Å². The molecule has 0 aromatic heterocycles. The van der Waals surface area contributed by atoms with Gasteiger partial charge in [-0.2, -0.15) is 0 Å². The smallest absolute Gasteiger partial charge is 0.191 e. The van der Waals surface area contributed by atoms with Crippen molar-refractivity contribution in [2.75, 3.05) is 14.2 Å². The van der Waals surface area contributed by atoms with Gasteiger partial charge < -0.3 is 15.4 Å². The lowest BCUT2D eigenvalue weighted by atomic mass is 10.2. The van der Waals surface area contributed by atoms with E-state index in [-0.39, 0.29) is 35.5 Å². The third-order valence-electron chi connectivity index (χ3n) is 3.60. The molecule has 0 bridgehead atoms. The average Bonchev–Trinajstić information content (AvgIpc) is 2.96. The second-order valence-corrected chi connectivity index (χ2v) is 5.02. The topological polar surface area (TPSA) is 45.7 Å². The molecule has 0 unspecified atom stereocenters. The van der Waals surface area contributed by atoms with Crippen LogP contribution in [0.1, 0.15) is 31.2 Å². The zero-order chi connectivity index (χ0) is 14.4. The molecule has 0 amide bonds. The predicted molar refractivity (Wildman–Crippen MR) is 94.0 cm³/mol. The van der Waals surface area contributed by atoms with Crippen LogP contribution in [0.3, 0.4) is 0 Å². The first-order valence-electron chi connectivity index (χ1n) is 7.02. The molecular weight excluding hydrogens is 384 g/mol. The van der Waals surface area contributed by atoms with E-state index < -0.39 is 0 Å². The molecule has 1 saturated carbocycles. The number of ether oxygens (including phenoxy) is 1. The Labute approximate surface area is 142 Å². The highest BCUT2D eigenvalue weighted by Gasteiger charge is 2.15. The van der Waals surface area contributed by atoms with Crippen molar-refractivity contribution in [2.24, 2.45) is 4.99 Å². The second kappa shape index (κ2) is 9.07. The summed E-state index contributed by atoms with van der Waals surface area (Å²) in [6.07, 6.45) is 4.94. The first-order valence-corrected chi connectivity index (χ1v) is 7.02. The third-order valence-corrected chi connectivity index (χ3v) is 3.60. The summed E-state index contributed by atoms with van der Waals surface area (Å²) >= 11 is 0. The quantitative estimate of drug-likeness (QED) is 0.458. The highest BCUT2D eigenvalue weighted by molar-refractivity contribution is 14.0. The molecule has 1 aliphatic rings. The summed E-state index contributed by atoms with van der Waals surface area (Å²) in [6.45, 7) is 0.535. The van der Waals surface area contributed by atoms with Crippen LogP contribution in [0, 0.1) is 5.82 Å². The van der Waals surface area contributed by atoms with E-state index >= 15 is 0 Å². The molecule has 0 spiro atoms. The summed E-state index contributed by atoms with van der Waals surface area (Å²) in [7, 11) is 3.21. The molecule has 1 aromatic carbocycles. The van der Waals surface area contributed by atoms with Gasteiger partial charge in [0.1, 0.15) is 0 Å². The first-order chi connectivity index (χ1) is 9.72. The molecule has 21 heavy (non-hydrogen) atoms.